The molecule has 0 radical (unpaired) electrons. The number of rotatable bonds is 4. The van der Waals surface area contributed by atoms with Crippen molar-refractivity contribution in [3.8, 4) is 0 Å². The molecule has 3 nitrogen and oxygen atoms in total. The van der Waals surface area contributed by atoms with Gasteiger partial charge in [0, 0.05) is 35.8 Å². The zero-order valence-electron chi connectivity index (χ0n) is 10.0. The molecule has 0 bridgehead atoms. The summed E-state index contributed by atoms with van der Waals surface area (Å²) in [6, 6.07) is 8.33. The first-order valence-corrected chi connectivity index (χ1v) is 5.52. The minimum absolute atomic E-state index is 0.0983. The molecule has 0 amide bonds. The van der Waals surface area contributed by atoms with Crippen LogP contribution in [0.1, 0.15) is 17.4 Å². The Bertz CT molecular complexity index is 476. The Morgan fingerprint density at radius 1 is 1.38 bits per heavy atom. The minimum atomic E-state index is 0.0983. The normalized spacial score (nSPS) is 13.2. The predicted octanol–water partition coefficient (Wildman–Crippen LogP) is 2.38. The molecule has 2 rings (SSSR count). The Morgan fingerprint density at radius 2 is 2.12 bits per heavy atom. The van der Waals surface area contributed by atoms with Gasteiger partial charge in [0.1, 0.15) is 0 Å². The van der Waals surface area contributed by atoms with Gasteiger partial charge in [-0.25, -0.2) is 0 Å². The monoisotopic (exact) mass is 218 g/mol. The molecule has 2 N–H and O–H groups in total. The third-order valence-electron chi connectivity index (χ3n) is 2.94. The van der Waals surface area contributed by atoms with E-state index in [0.717, 1.165) is 6.54 Å². The van der Waals surface area contributed by atoms with Gasteiger partial charge in [-0.05, 0) is 20.0 Å². The van der Waals surface area contributed by atoms with E-state index >= 15 is 0 Å². The maximum absolute atomic E-state index is 5.54. The van der Waals surface area contributed by atoms with E-state index in [1.165, 1.54) is 22.2 Å². The lowest BCUT2D eigenvalue weighted by molar-refractivity contribution is 0.105. The first kappa shape index (κ1) is 11.2. The summed E-state index contributed by atoms with van der Waals surface area (Å²) in [7, 11) is 3.69. The van der Waals surface area contributed by atoms with Crippen LogP contribution in [-0.2, 0) is 4.74 Å². The maximum Gasteiger partial charge on any atom is 0.0968 e. The quantitative estimate of drug-likeness (QED) is 0.826. The summed E-state index contributed by atoms with van der Waals surface area (Å²) >= 11 is 0. The summed E-state index contributed by atoms with van der Waals surface area (Å²) in [5.74, 6) is 0. The molecule has 86 valence electrons. The molecule has 0 aliphatic heterocycles. The van der Waals surface area contributed by atoms with E-state index < -0.39 is 0 Å². The van der Waals surface area contributed by atoms with Gasteiger partial charge in [-0.2, -0.15) is 0 Å². The summed E-state index contributed by atoms with van der Waals surface area (Å²) in [6.07, 6.45) is 0.0983. The topological polar surface area (TPSA) is 37.0 Å². The van der Waals surface area contributed by atoms with Crippen molar-refractivity contribution >= 4 is 10.9 Å². The van der Waals surface area contributed by atoms with Crippen LogP contribution in [0.4, 0.5) is 0 Å². The van der Waals surface area contributed by atoms with Crippen LogP contribution in [0.5, 0.6) is 0 Å². The van der Waals surface area contributed by atoms with E-state index in [1.807, 2.05) is 13.1 Å². The standard InChI is InChI=1S/C13H18N2O/c1-9-13(12(16-3)8-14-2)10-6-4-5-7-11(10)15-9/h4-7,12,14-15H,8H2,1-3H3. The molecular weight excluding hydrogens is 200 g/mol. The second-order valence-electron chi connectivity index (χ2n) is 3.99. The minimum Gasteiger partial charge on any atom is -0.375 e. The lowest BCUT2D eigenvalue weighted by Crippen LogP contribution is -2.19. The highest BCUT2D eigenvalue weighted by atomic mass is 16.5. The number of methoxy groups -OCH3 is 1. The van der Waals surface area contributed by atoms with Gasteiger partial charge in [-0.15, -0.1) is 0 Å². The Balaban J connectivity index is 2.53. The number of nitrogens with one attached hydrogen (secondary N) is 2. The highest BCUT2D eigenvalue weighted by Gasteiger charge is 2.17. The number of para-hydroxylation sites is 1. The van der Waals surface area contributed by atoms with Crippen molar-refractivity contribution in [3.05, 3.63) is 35.5 Å². The van der Waals surface area contributed by atoms with Crippen LogP contribution in [0.3, 0.4) is 0 Å². The average Bonchev–Trinajstić information content (AvgIpc) is 2.62. The molecular formula is C13H18N2O. The number of hydrogen-bond donors (Lipinski definition) is 2. The lowest BCUT2D eigenvalue weighted by atomic mass is 10.1. The molecule has 16 heavy (non-hydrogen) atoms. The van der Waals surface area contributed by atoms with Gasteiger partial charge in [0.05, 0.1) is 6.10 Å². The molecule has 1 heterocycles. The van der Waals surface area contributed by atoms with Crippen molar-refractivity contribution in [2.75, 3.05) is 20.7 Å². The highest BCUT2D eigenvalue weighted by Crippen LogP contribution is 2.29. The molecule has 1 atom stereocenters. The Hall–Kier alpha value is -1.32. The molecule has 3 heteroatoms. The maximum atomic E-state index is 5.54. The first-order chi connectivity index (χ1) is 7.77. The molecule has 0 fully saturated rings. The summed E-state index contributed by atoms with van der Waals surface area (Å²) in [5, 5.41) is 4.41. The predicted molar refractivity (Wildman–Crippen MR) is 66.7 cm³/mol. The molecule has 1 aromatic carbocycles. The largest absolute Gasteiger partial charge is 0.375 e. The fourth-order valence-corrected chi connectivity index (χ4v) is 2.20. The Labute approximate surface area is 95.8 Å². The fourth-order valence-electron chi connectivity index (χ4n) is 2.20. The zero-order chi connectivity index (χ0) is 11.5. The third kappa shape index (κ3) is 1.84. The molecule has 0 saturated carbocycles. The number of likely N-dealkylation sites (N-methyl/N-ethyl adjacent to an activating group) is 1. The van der Waals surface area contributed by atoms with Crippen molar-refractivity contribution in [1.29, 1.82) is 0 Å². The number of H-pyrrole nitrogens is 1. The number of aromatic amines is 1. The van der Waals surface area contributed by atoms with Crippen molar-refractivity contribution < 1.29 is 4.74 Å². The number of benzene rings is 1. The number of aryl methyl sites for hydroxylation is 1. The number of fused-ring (bicyclic) bond motifs is 1. The molecule has 0 spiro atoms. The van der Waals surface area contributed by atoms with E-state index in [-0.39, 0.29) is 6.10 Å². The number of ether oxygens (including phenoxy) is 1. The Kier molecular flexibility index (Phi) is 3.27. The van der Waals surface area contributed by atoms with Crippen molar-refractivity contribution in [2.45, 2.75) is 13.0 Å². The third-order valence-corrected chi connectivity index (χ3v) is 2.94. The second-order valence-corrected chi connectivity index (χ2v) is 3.99. The Morgan fingerprint density at radius 3 is 2.81 bits per heavy atom. The van der Waals surface area contributed by atoms with Gasteiger partial charge >= 0.3 is 0 Å². The zero-order valence-corrected chi connectivity index (χ0v) is 10.0. The van der Waals surface area contributed by atoms with Crippen molar-refractivity contribution in [3.63, 3.8) is 0 Å². The van der Waals surface area contributed by atoms with E-state index in [9.17, 15) is 0 Å². The first-order valence-electron chi connectivity index (χ1n) is 5.52. The van der Waals surface area contributed by atoms with E-state index in [0.29, 0.717) is 0 Å². The highest BCUT2D eigenvalue weighted by molar-refractivity contribution is 5.85. The van der Waals surface area contributed by atoms with Gasteiger partial charge in [0.15, 0.2) is 0 Å². The molecule has 0 aliphatic carbocycles. The molecule has 0 aliphatic rings. The summed E-state index contributed by atoms with van der Waals surface area (Å²) < 4.78 is 5.54. The second kappa shape index (κ2) is 4.68. The molecule has 0 saturated heterocycles. The van der Waals surface area contributed by atoms with Crippen LogP contribution in [0.15, 0.2) is 24.3 Å². The summed E-state index contributed by atoms with van der Waals surface area (Å²) in [4.78, 5) is 3.39. The van der Waals surface area contributed by atoms with E-state index in [1.54, 1.807) is 7.11 Å². The van der Waals surface area contributed by atoms with Crippen LogP contribution in [-0.4, -0.2) is 25.7 Å². The van der Waals surface area contributed by atoms with Crippen LogP contribution in [0.2, 0.25) is 0 Å². The number of hydrogen-bond acceptors (Lipinski definition) is 2. The van der Waals surface area contributed by atoms with E-state index in [4.69, 9.17) is 4.74 Å². The van der Waals surface area contributed by atoms with E-state index in [2.05, 4.69) is 35.4 Å². The summed E-state index contributed by atoms with van der Waals surface area (Å²) in [6.45, 7) is 2.91. The van der Waals surface area contributed by atoms with Crippen LogP contribution >= 0.6 is 0 Å². The average molecular weight is 218 g/mol. The fraction of sp³-hybridized carbons (Fsp3) is 0.385. The number of aromatic nitrogens is 1. The smallest absolute Gasteiger partial charge is 0.0968 e. The lowest BCUT2D eigenvalue weighted by Gasteiger charge is -2.15. The van der Waals surface area contributed by atoms with Crippen LogP contribution in [0, 0.1) is 6.92 Å². The van der Waals surface area contributed by atoms with Gasteiger partial charge in [-0.1, -0.05) is 18.2 Å². The van der Waals surface area contributed by atoms with Gasteiger partial charge in [0.25, 0.3) is 0 Å². The summed E-state index contributed by atoms with van der Waals surface area (Å²) in [5.41, 5.74) is 3.61. The molecule has 1 aromatic heterocycles. The van der Waals surface area contributed by atoms with Crippen LogP contribution in [0.25, 0.3) is 10.9 Å². The molecule has 1 unspecified atom stereocenters. The SMILES string of the molecule is CNCC(OC)c1c(C)[nH]c2ccccc12. The van der Waals surface area contributed by atoms with Gasteiger partial charge < -0.3 is 15.0 Å². The van der Waals surface area contributed by atoms with Crippen molar-refractivity contribution in [2.24, 2.45) is 0 Å². The van der Waals surface area contributed by atoms with Gasteiger partial charge in [0.2, 0.25) is 0 Å². The molecule has 2 aromatic rings. The van der Waals surface area contributed by atoms with Crippen molar-refractivity contribution in [1.82, 2.24) is 10.3 Å². The van der Waals surface area contributed by atoms with Gasteiger partial charge in [-0.3, -0.25) is 0 Å². The van der Waals surface area contributed by atoms with Crippen LogP contribution < -0.4 is 5.32 Å².